The summed E-state index contributed by atoms with van der Waals surface area (Å²) in [5, 5.41) is 11.0. The second kappa shape index (κ2) is 9.17. The molecule has 2 aromatic rings. The van der Waals surface area contributed by atoms with Gasteiger partial charge in [0.05, 0.1) is 6.61 Å². The third-order valence-corrected chi connectivity index (χ3v) is 4.65. The largest absolute Gasteiger partial charge is 0.465 e. The molecule has 132 valence electrons. The summed E-state index contributed by atoms with van der Waals surface area (Å²) >= 11 is 1.30. The Morgan fingerprint density at radius 3 is 2.40 bits per heavy atom. The van der Waals surface area contributed by atoms with Crippen molar-refractivity contribution in [3.05, 3.63) is 47.5 Å². The number of carbonyl (C=O) groups excluding carboxylic acids is 2. The lowest BCUT2D eigenvalue weighted by atomic mass is 10.1. The summed E-state index contributed by atoms with van der Waals surface area (Å²) in [5.41, 5.74) is 1.64. The molecule has 1 unspecified atom stereocenters. The molecule has 25 heavy (non-hydrogen) atoms. The molecule has 1 aromatic heterocycles. The third kappa shape index (κ3) is 5.56. The van der Waals surface area contributed by atoms with Crippen LogP contribution in [-0.2, 0) is 9.53 Å². The van der Waals surface area contributed by atoms with E-state index in [0.29, 0.717) is 29.4 Å². The third-order valence-electron chi connectivity index (χ3n) is 3.38. The van der Waals surface area contributed by atoms with Gasteiger partial charge < -0.3 is 10.1 Å². The van der Waals surface area contributed by atoms with Gasteiger partial charge in [-0.15, -0.1) is 10.2 Å². The van der Waals surface area contributed by atoms with Crippen LogP contribution in [0.1, 0.15) is 36.2 Å². The van der Waals surface area contributed by atoms with Crippen molar-refractivity contribution in [2.75, 3.05) is 11.9 Å². The molecule has 0 spiro atoms. The van der Waals surface area contributed by atoms with Crippen molar-refractivity contribution in [2.24, 2.45) is 0 Å². The molecule has 0 aliphatic carbocycles. The summed E-state index contributed by atoms with van der Waals surface area (Å²) < 4.78 is 5.04. The lowest BCUT2D eigenvalue weighted by Gasteiger charge is -2.12. The Hall–Kier alpha value is -2.41. The van der Waals surface area contributed by atoms with Crippen molar-refractivity contribution in [3.8, 4) is 0 Å². The highest BCUT2D eigenvalue weighted by molar-refractivity contribution is 8.00. The van der Waals surface area contributed by atoms with Crippen molar-refractivity contribution in [1.29, 1.82) is 0 Å². The fourth-order valence-corrected chi connectivity index (χ4v) is 2.88. The molecule has 0 fully saturated rings. The number of rotatable bonds is 7. The Bertz CT molecular complexity index is 717. The molecule has 1 amide bonds. The van der Waals surface area contributed by atoms with E-state index in [9.17, 15) is 9.59 Å². The molecule has 0 aliphatic rings. The molecule has 6 nitrogen and oxygen atoms in total. The quantitative estimate of drug-likeness (QED) is 0.602. The normalized spacial score (nSPS) is 11.6. The topological polar surface area (TPSA) is 81.2 Å². The van der Waals surface area contributed by atoms with Gasteiger partial charge in [0.1, 0.15) is 10.3 Å². The van der Waals surface area contributed by atoms with Gasteiger partial charge in [-0.05, 0) is 44.5 Å². The molecule has 1 atom stereocenters. The van der Waals surface area contributed by atoms with Crippen LogP contribution in [0.2, 0.25) is 0 Å². The maximum atomic E-state index is 12.2. The first-order valence-corrected chi connectivity index (χ1v) is 8.96. The minimum Gasteiger partial charge on any atom is -0.465 e. The Morgan fingerprint density at radius 2 is 1.84 bits per heavy atom. The van der Waals surface area contributed by atoms with Gasteiger partial charge in [-0.2, -0.15) is 0 Å². The number of carbonyl (C=O) groups is 2. The first-order chi connectivity index (χ1) is 12.0. The summed E-state index contributed by atoms with van der Waals surface area (Å²) in [6.45, 7) is 6.01. The van der Waals surface area contributed by atoms with E-state index in [1.807, 2.05) is 26.0 Å². The molecule has 1 N–H and O–H groups in total. The summed E-state index contributed by atoms with van der Waals surface area (Å²) in [4.78, 5) is 24.0. The second-order valence-corrected chi connectivity index (χ2v) is 6.57. The number of nitrogens with one attached hydrogen (secondary N) is 1. The maximum Gasteiger partial charge on any atom is 0.319 e. The molecule has 0 aliphatic heterocycles. The number of ether oxygens (including phenoxy) is 1. The van der Waals surface area contributed by atoms with Crippen LogP contribution in [0.4, 0.5) is 5.82 Å². The van der Waals surface area contributed by atoms with Crippen LogP contribution in [0.3, 0.4) is 0 Å². The molecule has 0 saturated carbocycles. The van der Waals surface area contributed by atoms with E-state index in [0.717, 1.165) is 5.56 Å². The number of esters is 1. The number of benzene rings is 1. The van der Waals surface area contributed by atoms with Gasteiger partial charge in [0.15, 0.2) is 5.82 Å². The van der Waals surface area contributed by atoms with Crippen LogP contribution in [0.5, 0.6) is 0 Å². The number of hydrogen-bond donors (Lipinski definition) is 1. The van der Waals surface area contributed by atoms with Crippen LogP contribution in [0.15, 0.2) is 41.4 Å². The summed E-state index contributed by atoms with van der Waals surface area (Å²) in [5.74, 6) is -0.139. The minimum atomic E-state index is -0.317. The SMILES string of the molecule is CCOC(=O)C(CC)Sc1ccc(NC(=O)c2ccc(C)cc2)nn1. The van der Waals surface area contributed by atoms with Crippen LogP contribution in [0, 0.1) is 6.92 Å². The van der Waals surface area contributed by atoms with E-state index < -0.39 is 0 Å². The fourth-order valence-electron chi connectivity index (χ4n) is 2.02. The zero-order chi connectivity index (χ0) is 18.2. The molecular weight excluding hydrogens is 338 g/mol. The average Bonchev–Trinajstić information content (AvgIpc) is 2.61. The maximum absolute atomic E-state index is 12.2. The molecular formula is C18H21N3O3S. The van der Waals surface area contributed by atoms with Crippen LogP contribution in [0.25, 0.3) is 0 Å². The number of aromatic nitrogens is 2. The lowest BCUT2D eigenvalue weighted by Crippen LogP contribution is -2.19. The Morgan fingerprint density at radius 1 is 1.12 bits per heavy atom. The average molecular weight is 359 g/mol. The zero-order valence-corrected chi connectivity index (χ0v) is 15.3. The van der Waals surface area contributed by atoms with Gasteiger partial charge in [0.2, 0.25) is 0 Å². The van der Waals surface area contributed by atoms with Gasteiger partial charge in [-0.3, -0.25) is 9.59 Å². The molecule has 1 aromatic carbocycles. The van der Waals surface area contributed by atoms with Crippen LogP contribution in [-0.4, -0.2) is 33.9 Å². The fraction of sp³-hybridized carbons (Fsp3) is 0.333. The predicted octanol–water partition coefficient (Wildman–Crippen LogP) is 3.47. The lowest BCUT2D eigenvalue weighted by molar-refractivity contribution is -0.142. The highest BCUT2D eigenvalue weighted by atomic mass is 32.2. The van der Waals surface area contributed by atoms with Gasteiger partial charge in [-0.25, -0.2) is 0 Å². The molecule has 7 heteroatoms. The van der Waals surface area contributed by atoms with Gasteiger partial charge in [0.25, 0.3) is 5.91 Å². The molecule has 2 rings (SSSR count). The van der Waals surface area contributed by atoms with Gasteiger partial charge in [0, 0.05) is 5.56 Å². The Kier molecular flexibility index (Phi) is 6.94. The Labute approximate surface area is 151 Å². The van der Waals surface area contributed by atoms with E-state index in [1.54, 1.807) is 31.2 Å². The van der Waals surface area contributed by atoms with E-state index >= 15 is 0 Å². The highest BCUT2D eigenvalue weighted by Crippen LogP contribution is 2.24. The summed E-state index contributed by atoms with van der Waals surface area (Å²) in [6, 6.07) is 10.7. The van der Waals surface area contributed by atoms with Crippen molar-refractivity contribution < 1.29 is 14.3 Å². The van der Waals surface area contributed by atoms with Crippen LogP contribution < -0.4 is 5.32 Å². The zero-order valence-electron chi connectivity index (χ0n) is 14.5. The number of nitrogens with zero attached hydrogens (tertiary/aromatic N) is 2. The Balaban J connectivity index is 1.98. The number of amides is 1. The van der Waals surface area contributed by atoms with Gasteiger partial charge >= 0.3 is 5.97 Å². The van der Waals surface area contributed by atoms with Gasteiger partial charge in [-0.1, -0.05) is 36.4 Å². The second-order valence-electron chi connectivity index (χ2n) is 5.34. The monoisotopic (exact) mass is 359 g/mol. The van der Waals surface area contributed by atoms with Crippen LogP contribution >= 0.6 is 11.8 Å². The number of hydrogen-bond acceptors (Lipinski definition) is 6. The van der Waals surface area contributed by atoms with E-state index in [1.165, 1.54) is 11.8 Å². The van der Waals surface area contributed by atoms with Crippen molar-refractivity contribution in [2.45, 2.75) is 37.5 Å². The number of anilines is 1. The van der Waals surface area contributed by atoms with Crippen molar-refractivity contribution in [1.82, 2.24) is 10.2 Å². The summed E-state index contributed by atoms with van der Waals surface area (Å²) in [6.07, 6.45) is 0.636. The smallest absolute Gasteiger partial charge is 0.319 e. The first-order valence-electron chi connectivity index (χ1n) is 8.08. The number of aryl methyl sites for hydroxylation is 1. The highest BCUT2D eigenvalue weighted by Gasteiger charge is 2.20. The molecule has 1 heterocycles. The summed E-state index contributed by atoms with van der Waals surface area (Å²) in [7, 11) is 0. The van der Waals surface area contributed by atoms with E-state index in [-0.39, 0.29) is 17.1 Å². The van der Waals surface area contributed by atoms with Crippen molar-refractivity contribution >= 4 is 29.5 Å². The van der Waals surface area contributed by atoms with Crippen molar-refractivity contribution in [3.63, 3.8) is 0 Å². The first kappa shape index (κ1) is 18.9. The molecule has 0 saturated heterocycles. The van der Waals surface area contributed by atoms with E-state index in [2.05, 4.69) is 15.5 Å². The number of thioether (sulfide) groups is 1. The standard InChI is InChI=1S/C18H21N3O3S/c1-4-14(18(23)24-5-2)25-16-11-10-15(20-21-16)19-17(22)13-8-6-12(3)7-9-13/h6-11,14H,4-5H2,1-3H3,(H,19,20,22). The predicted molar refractivity (Wildman–Crippen MR) is 97.7 cm³/mol. The minimum absolute atomic E-state index is 0.243. The molecule has 0 radical (unpaired) electrons. The van der Waals surface area contributed by atoms with E-state index in [4.69, 9.17) is 4.74 Å². The molecule has 0 bridgehead atoms.